The third kappa shape index (κ3) is 7.78. The summed E-state index contributed by atoms with van der Waals surface area (Å²) in [4.78, 5) is 4.39. The van der Waals surface area contributed by atoms with Crippen LogP contribution in [-0.2, 0) is 4.74 Å². The Morgan fingerprint density at radius 2 is 2.19 bits per heavy atom. The Balaban J connectivity index is 3.92. The molecule has 0 fully saturated rings. The molecule has 0 saturated carbocycles. The minimum atomic E-state index is 0.135. The Labute approximate surface area is 103 Å². The predicted molar refractivity (Wildman–Crippen MR) is 71.7 cm³/mol. The largest absolute Gasteiger partial charge is 0.385 e. The molecule has 0 aromatic heterocycles. The number of aliphatic imine (C=N–C) groups is 1. The van der Waals surface area contributed by atoms with E-state index in [0.717, 1.165) is 26.1 Å². The predicted octanol–water partition coefficient (Wildman–Crippen LogP) is 0.573. The molecule has 0 atom stereocenters. The van der Waals surface area contributed by atoms with Crippen molar-refractivity contribution in [2.24, 2.45) is 10.8 Å². The van der Waals surface area contributed by atoms with Gasteiger partial charge in [-0.15, -0.1) is 0 Å². The van der Waals surface area contributed by atoms with Crippen molar-refractivity contribution in [1.82, 2.24) is 10.7 Å². The van der Waals surface area contributed by atoms with Crippen LogP contribution >= 0.6 is 11.8 Å². The first-order valence-electron chi connectivity index (χ1n) is 5.34. The fraction of sp³-hybridized carbons (Fsp3) is 0.900. The maximum Gasteiger partial charge on any atom is 0.205 e. The fourth-order valence-electron chi connectivity index (χ4n) is 0.910. The van der Waals surface area contributed by atoms with Crippen molar-refractivity contribution in [2.75, 3.05) is 33.1 Å². The van der Waals surface area contributed by atoms with Gasteiger partial charge in [0.2, 0.25) is 5.96 Å². The Bertz CT molecular complexity index is 209. The van der Waals surface area contributed by atoms with E-state index in [4.69, 9.17) is 10.6 Å². The molecule has 16 heavy (non-hydrogen) atoms. The van der Waals surface area contributed by atoms with Gasteiger partial charge >= 0.3 is 0 Å². The molecule has 0 aliphatic rings. The lowest BCUT2D eigenvalue weighted by molar-refractivity contribution is 0.195. The van der Waals surface area contributed by atoms with Crippen molar-refractivity contribution in [2.45, 2.75) is 25.0 Å². The maximum absolute atomic E-state index is 5.38. The zero-order chi connectivity index (χ0) is 12.4. The summed E-state index contributed by atoms with van der Waals surface area (Å²) in [6.45, 7) is 6.57. The second-order valence-electron chi connectivity index (χ2n) is 4.05. The number of thioether (sulfide) groups is 1. The Morgan fingerprint density at radius 3 is 2.69 bits per heavy atom. The van der Waals surface area contributed by atoms with Gasteiger partial charge < -0.3 is 10.1 Å². The first-order chi connectivity index (χ1) is 7.55. The summed E-state index contributed by atoms with van der Waals surface area (Å²) in [6, 6.07) is 0. The van der Waals surface area contributed by atoms with Crippen LogP contribution in [0, 0.1) is 0 Å². The van der Waals surface area contributed by atoms with Crippen LogP contribution in [0.3, 0.4) is 0 Å². The number of guanidine groups is 1. The maximum atomic E-state index is 5.38. The van der Waals surface area contributed by atoms with E-state index in [1.54, 1.807) is 18.9 Å². The van der Waals surface area contributed by atoms with Gasteiger partial charge in [-0.25, -0.2) is 5.84 Å². The zero-order valence-corrected chi connectivity index (χ0v) is 11.5. The number of ether oxygens (including phenoxy) is 1. The fourth-order valence-corrected chi connectivity index (χ4v) is 1.10. The third-order valence-corrected chi connectivity index (χ3v) is 3.36. The van der Waals surface area contributed by atoms with Crippen molar-refractivity contribution in [3.05, 3.63) is 0 Å². The molecule has 0 unspecified atom stereocenters. The highest BCUT2D eigenvalue weighted by molar-refractivity contribution is 7.99. The Kier molecular flexibility index (Phi) is 8.42. The lowest BCUT2D eigenvalue weighted by Gasteiger charge is -2.19. The highest BCUT2D eigenvalue weighted by atomic mass is 32.2. The Hall–Kier alpha value is -0.460. The van der Waals surface area contributed by atoms with Crippen molar-refractivity contribution in [3.63, 3.8) is 0 Å². The van der Waals surface area contributed by atoms with Gasteiger partial charge in [0.1, 0.15) is 0 Å². The average molecular weight is 248 g/mol. The lowest BCUT2D eigenvalue weighted by atomic mass is 10.2. The molecule has 0 aromatic rings. The normalized spacial score (nSPS) is 12.7. The molecular weight excluding hydrogens is 224 g/mol. The van der Waals surface area contributed by atoms with Crippen molar-refractivity contribution in [1.29, 1.82) is 0 Å². The van der Waals surface area contributed by atoms with Crippen LogP contribution in [0.15, 0.2) is 4.99 Å². The van der Waals surface area contributed by atoms with E-state index in [0.29, 0.717) is 5.96 Å². The number of methoxy groups -OCH3 is 1. The molecule has 0 spiro atoms. The summed E-state index contributed by atoms with van der Waals surface area (Å²) >= 11 is 1.79. The lowest BCUT2D eigenvalue weighted by Crippen LogP contribution is -2.43. The van der Waals surface area contributed by atoms with E-state index >= 15 is 0 Å². The molecule has 4 N–H and O–H groups in total. The number of hydrazine groups is 1. The van der Waals surface area contributed by atoms with Gasteiger partial charge in [0.05, 0.1) is 6.54 Å². The van der Waals surface area contributed by atoms with Crippen molar-refractivity contribution >= 4 is 17.7 Å². The van der Waals surface area contributed by atoms with Gasteiger partial charge in [-0.2, -0.15) is 11.8 Å². The van der Waals surface area contributed by atoms with E-state index in [9.17, 15) is 0 Å². The molecule has 0 saturated heterocycles. The summed E-state index contributed by atoms with van der Waals surface area (Å²) in [5.41, 5.74) is 2.56. The number of nitrogens with zero attached hydrogens (tertiary/aromatic N) is 1. The summed E-state index contributed by atoms with van der Waals surface area (Å²) in [5, 5.41) is 3.13. The number of hydrogen-bond acceptors (Lipinski definition) is 4. The summed E-state index contributed by atoms with van der Waals surface area (Å²) in [5.74, 6) is 6.01. The van der Waals surface area contributed by atoms with Crippen LogP contribution in [0.5, 0.6) is 0 Å². The van der Waals surface area contributed by atoms with E-state index in [1.165, 1.54) is 0 Å². The van der Waals surface area contributed by atoms with Crippen LogP contribution in [0.25, 0.3) is 0 Å². The number of nitrogens with two attached hydrogens (primary N) is 1. The third-order valence-electron chi connectivity index (χ3n) is 2.12. The molecule has 0 bridgehead atoms. The first-order valence-corrected chi connectivity index (χ1v) is 6.57. The van der Waals surface area contributed by atoms with Gasteiger partial charge in [0.15, 0.2) is 0 Å². The molecule has 0 aliphatic heterocycles. The first kappa shape index (κ1) is 15.5. The molecule has 0 aromatic carbocycles. The second-order valence-corrected chi connectivity index (χ2v) is 5.56. The quantitative estimate of drug-likeness (QED) is 0.202. The smallest absolute Gasteiger partial charge is 0.205 e. The zero-order valence-electron chi connectivity index (χ0n) is 10.7. The average Bonchev–Trinajstić information content (AvgIpc) is 2.28. The summed E-state index contributed by atoms with van der Waals surface area (Å²) in [7, 11) is 1.69. The van der Waals surface area contributed by atoms with E-state index in [1.807, 2.05) is 0 Å². The minimum absolute atomic E-state index is 0.135. The van der Waals surface area contributed by atoms with Crippen molar-refractivity contribution < 1.29 is 4.74 Å². The molecule has 0 amide bonds. The highest BCUT2D eigenvalue weighted by Gasteiger charge is 2.15. The molecule has 0 radical (unpaired) electrons. The second kappa shape index (κ2) is 8.66. The van der Waals surface area contributed by atoms with Crippen LogP contribution in [-0.4, -0.2) is 43.8 Å². The molecule has 6 heteroatoms. The molecule has 0 heterocycles. The summed E-state index contributed by atoms with van der Waals surface area (Å²) < 4.78 is 5.09. The SMILES string of the molecule is COCCCNC(=NCC(C)(C)SC)NN. The van der Waals surface area contributed by atoms with Gasteiger partial charge in [-0.05, 0) is 26.5 Å². The van der Waals surface area contributed by atoms with Crippen LogP contribution in [0.4, 0.5) is 0 Å². The van der Waals surface area contributed by atoms with Gasteiger partial charge in [0.25, 0.3) is 0 Å². The van der Waals surface area contributed by atoms with Gasteiger partial charge in [0, 0.05) is 25.0 Å². The molecule has 0 aliphatic carbocycles. The standard InChI is InChI=1S/C10H24N4OS/c1-10(2,16-4)8-13-9(14-11)12-6-5-7-15-3/h5-8,11H2,1-4H3,(H2,12,13,14). The minimum Gasteiger partial charge on any atom is -0.385 e. The molecule has 5 nitrogen and oxygen atoms in total. The van der Waals surface area contributed by atoms with Crippen LogP contribution in [0.2, 0.25) is 0 Å². The number of rotatable bonds is 7. The number of hydrogen-bond donors (Lipinski definition) is 3. The topological polar surface area (TPSA) is 71.7 Å². The van der Waals surface area contributed by atoms with Crippen LogP contribution < -0.4 is 16.6 Å². The Morgan fingerprint density at radius 1 is 1.50 bits per heavy atom. The highest BCUT2D eigenvalue weighted by Crippen LogP contribution is 2.20. The molecule has 0 rings (SSSR count). The molecule has 96 valence electrons. The monoisotopic (exact) mass is 248 g/mol. The van der Waals surface area contributed by atoms with Crippen LogP contribution in [0.1, 0.15) is 20.3 Å². The summed E-state index contributed by atoms with van der Waals surface area (Å²) in [6.07, 6.45) is 3.01. The van der Waals surface area contributed by atoms with E-state index in [2.05, 4.69) is 35.8 Å². The van der Waals surface area contributed by atoms with Crippen molar-refractivity contribution in [3.8, 4) is 0 Å². The van der Waals surface area contributed by atoms with E-state index < -0.39 is 0 Å². The number of nitrogens with one attached hydrogen (secondary N) is 2. The van der Waals surface area contributed by atoms with Gasteiger partial charge in [-0.1, -0.05) is 0 Å². The van der Waals surface area contributed by atoms with E-state index in [-0.39, 0.29) is 4.75 Å². The molecular formula is C10H24N4OS. The van der Waals surface area contributed by atoms with Gasteiger partial charge in [-0.3, -0.25) is 10.4 Å².